The van der Waals surface area contributed by atoms with Gasteiger partial charge in [0.05, 0.1) is 7.11 Å². The van der Waals surface area contributed by atoms with Crippen LogP contribution < -0.4 is 20.5 Å². The van der Waals surface area contributed by atoms with Crippen molar-refractivity contribution in [2.75, 3.05) is 7.11 Å². The predicted molar refractivity (Wildman–Crippen MR) is 136 cm³/mol. The van der Waals surface area contributed by atoms with Crippen LogP contribution in [-0.4, -0.2) is 41.0 Å². The van der Waals surface area contributed by atoms with Gasteiger partial charge in [0.15, 0.2) is 0 Å². The number of aliphatic carboxylic acids is 1. The zero-order valence-corrected chi connectivity index (χ0v) is 19.6. The van der Waals surface area contributed by atoms with Gasteiger partial charge < -0.3 is 30.6 Å². The highest BCUT2D eigenvalue weighted by atomic mass is 16.5. The minimum atomic E-state index is -1.13. The van der Waals surface area contributed by atoms with E-state index in [-0.39, 0.29) is 12.3 Å². The number of carbonyl (C=O) groups is 2. The summed E-state index contributed by atoms with van der Waals surface area (Å²) in [6.45, 7) is 0.319. The summed E-state index contributed by atoms with van der Waals surface area (Å²) < 4.78 is 11.0. The Hall–Kier alpha value is -4.79. The number of amides is 1. The first-order chi connectivity index (χ1) is 17.3. The van der Waals surface area contributed by atoms with Gasteiger partial charge in [-0.05, 0) is 53.6 Å². The van der Waals surface area contributed by atoms with Gasteiger partial charge in [-0.3, -0.25) is 10.2 Å². The average Bonchev–Trinajstić information content (AvgIpc) is 3.29. The van der Waals surface area contributed by atoms with Crippen LogP contribution in [0.1, 0.15) is 27.0 Å². The molecule has 0 aliphatic carbocycles. The van der Waals surface area contributed by atoms with Gasteiger partial charge in [0.25, 0.3) is 5.91 Å². The molecule has 1 amide bonds. The van der Waals surface area contributed by atoms with Crippen LogP contribution >= 0.6 is 0 Å². The van der Waals surface area contributed by atoms with E-state index in [0.717, 1.165) is 22.0 Å². The molecule has 1 unspecified atom stereocenters. The van der Waals surface area contributed by atoms with Crippen molar-refractivity contribution in [1.29, 1.82) is 5.41 Å². The normalized spacial score (nSPS) is 11.6. The maximum absolute atomic E-state index is 12.6. The molecule has 6 N–H and O–H groups in total. The van der Waals surface area contributed by atoms with Gasteiger partial charge in [-0.1, -0.05) is 24.3 Å². The quantitative estimate of drug-likeness (QED) is 0.171. The first-order valence-corrected chi connectivity index (χ1v) is 11.2. The SMILES string of the molecule is COc1ccc(C(=O)NC(Cc2c[nH]c3ccc(OCc4ccc(C(=N)N)cc4)cc23)C(=O)O)cc1. The summed E-state index contributed by atoms with van der Waals surface area (Å²) in [7, 11) is 1.53. The van der Waals surface area contributed by atoms with Crippen LogP contribution in [0.5, 0.6) is 11.5 Å². The number of H-pyrrole nitrogens is 1. The lowest BCUT2D eigenvalue weighted by Crippen LogP contribution is -2.42. The zero-order chi connectivity index (χ0) is 25.7. The maximum Gasteiger partial charge on any atom is 0.326 e. The van der Waals surface area contributed by atoms with Crippen LogP contribution in [0.15, 0.2) is 72.9 Å². The molecule has 1 aromatic heterocycles. The van der Waals surface area contributed by atoms with Crippen molar-refractivity contribution < 1.29 is 24.2 Å². The molecule has 3 aromatic carbocycles. The number of fused-ring (bicyclic) bond motifs is 1. The van der Waals surface area contributed by atoms with E-state index in [1.807, 2.05) is 30.3 Å². The summed E-state index contributed by atoms with van der Waals surface area (Å²) in [4.78, 5) is 27.7. The molecule has 0 bridgehead atoms. The lowest BCUT2D eigenvalue weighted by atomic mass is 10.0. The Labute approximate surface area is 207 Å². The fraction of sp³-hybridized carbons (Fsp3) is 0.148. The minimum absolute atomic E-state index is 0.00719. The molecule has 0 saturated carbocycles. The van der Waals surface area contributed by atoms with Crippen molar-refractivity contribution in [2.45, 2.75) is 19.1 Å². The van der Waals surface area contributed by atoms with E-state index in [9.17, 15) is 14.7 Å². The summed E-state index contributed by atoms with van der Waals surface area (Å²) in [5, 5.41) is 20.6. The van der Waals surface area contributed by atoms with Crippen LogP contribution in [0.25, 0.3) is 10.9 Å². The van der Waals surface area contributed by atoms with Crippen molar-refractivity contribution in [1.82, 2.24) is 10.3 Å². The van der Waals surface area contributed by atoms with Crippen LogP contribution in [0.4, 0.5) is 0 Å². The highest BCUT2D eigenvalue weighted by Gasteiger charge is 2.23. The van der Waals surface area contributed by atoms with Crippen LogP contribution in [0.3, 0.4) is 0 Å². The van der Waals surface area contributed by atoms with E-state index < -0.39 is 17.9 Å². The lowest BCUT2D eigenvalue weighted by molar-refractivity contribution is -0.139. The molecular weight excluding hydrogens is 460 g/mol. The number of nitrogens with two attached hydrogens (primary N) is 1. The van der Waals surface area contributed by atoms with Gasteiger partial charge in [-0.2, -0.15) is 0 Å². The molecule has 4 aromatic rings. The number of carboxylic acids is 1. The molecule has 0 fully saturated rings. The first-order valence-electron chi connectivity index (χ1n) is 11.2. The van der Waals surface area contributed by atoms with E-state index in [1.54, 1.807) is 42.6 Å². The van der Waals surface area contributed by atoms with Gasteiger partial charge in [-0.15, -0.1) is 0 Å². The number of methoxy groups -OCH3 is 1. The van der Waals surface area contributed by atoms with Crippen LogP contribution in [-0.2, 0) is 17.8 Å². The summed E-state index contributed by atoms with van der Waals surface area (Å²) in [6.07, 6.45) is 1.83. The summed E-state index contributed by atoms with van der Waals surface area (Å²) in [5.74, 6) is -0.385. The topological polar surface area (TPSA) is 151 Å². The Balaban J connectivity index is 1.46. The number of nitrogen functional groups attached to an aromatic ring is 1. The predicted octanol–water partition coefficient (Wildman–Crippen LogP) is 3.47. The highest BCUT2D eigenvalue weighted by Crippen LogP contribution is 2.25. The molecule has 184 valence electrons. The van der Waals surface area contributed by atoms with Gasteiger partial charge in [0, 0.05) is 34.6 Å². The number of carboxylic acid groups (broad SMARTS) is 1. The molecule has 36 heavy (non-hydrogen) atoms. The number of ether oxygens (including phenoxy) is 2. The third-order valence-electron chi connectivity index (χ3n) is 5.79. The minimum Gasteiger partial charge on any atom is -0.497 e. The van der Waals surface area contributed by atoms with Gasteiger partial charge in [0.1, 0.15) is 30.0 Å². The van der Waals surface area contributed by atoms with Gasteiger partial charge in [0.2, 0.25) is 0 Å². The second-order valence-electron chi connectivity index (χ2n) is 8.22. The summed E-state index contributed by atoms with van der Waals surface area (Å²) >= 11 is 0. The largest absolute Gasteiger partial charge is 0.497 e. The molecule has 0 saturated heterocycles. The number of aromatic nitrogens is 1. The third-order valence-corrected chi connectivity index (χ3v) is 5.79. The number of amidine groups is 1. The molecule has 9 heteroatoms. The molecule has 9 nitrogen and oxygen atoms in total. The van der Waals surface area contributed by atoms with Crippen molar-refractivity contribution >= 4 is 28.6 Å². The number of hydrogen-bond donors (Lipinski definition) is 5. The standard InChI is InChI=1S/C27H26N4O5/c1-35-20-8-6-18(7-9-20)26(32)31-24(27(33)34)12-19-14-30-23-11-10-21(13-22(19)23)36-15-16-2-4-17(5-3-16)25(28)29/h2-11,13-14,24,30H,12,15H2,1H3,(H3,28,29)(H,31,32)(H,33,34). The van der Waals surface area contributed by atoms with Crippen LogP contribution in [0.2, 0.25) is 0 Å². The first kappa shape index (κ1) is 24.3. The molecule has 4 rings (SSSR count). The number of hydrogen-bond acceptors (Lipinski definition) is 5. The number of benzene rings is 3. The third kappa shape index (κ3) is 5.64. The fourth-order valence-corrected chi connectivity index (χ4v) is 3.77. The molecule has 0 aliphatic heterocycles. The Morgan fingerprint density at radius 2 is 1.69 bits per heavy atom. The second-order valence-corrected chi connectivity index (χ2v) is 8.22. The number of carbonyl (C=O) groups excluding carboxylic acids is 1. The van der Waals surface area contributed by atoms with E-state index in [2.05, 4.69) is 10.3 Å². The second kappa shape index (κ2) is 10.6. The average molecular weight is 487 g/mol. The van der Waals surface area contributed by atoms with Crippen molar-refractivity contribution in [3.05, 3.63) is 95.2 Å². The molecule has 1 atom stereocenters. The van der Waals surface area contributed by atoms with Crippen molar-refractivity contribution in [2.24, 2.45) is 5.73 Å². The molecular formula is C27H26N4O5. The number of aromatic amines is 1. The Morgan fingerprint density at radius 1 is 1.03 bits per heavy atom. The van der Waals surface area contributed by atoms with Crippen molar-refractivity contribution in [3.63, 3.8) is 0 Å². The van der Waals surface area contributed by atoms with E-state index >= 15 is 0 Å². The molecule has 0 radical (unpaired) electrons. The number of rotatable bonds is 10. The maximum atomic E-state index is 12.6. The van der Waals surface area contributed by atoms with Crippen LogP contribution in [0, 0.1) is 5.41 Å². The molecule has 0 spiro atoms. The van der Waals surface area contributed by atoms with Crippen molar-refractivity contribution in [3.8, 4) is 11.5 Å². The monoisotopic (exact) mass is 486 g/mol. The van der Waals surface area contributed by atoms with E-state index in [0.29, 0.717) is 29.2 Å². The van der Waals surface area contributed by atoms with E-state index in [1.165, 1.54) is 7.11 Å². The van der Waals surface area contributed by atoms with Gasteiger partial charge >= 0.3 is 5.97 Å². The molecule has 1 heterocycles. The summed E-state index contributed by atoms with van der Waals surface area (Å²) in [6, 6.07) is 18.1. The number of nitrogens with one attached hydrogen (secondary N) is 3. The van der Waals surface area contributed by atoms with E-state index in [4.69, 9.17) is 20.6 Å². The molecule has 0 aliphatic rings. The highest BCUT2D eigenvalue weighted by molar-refractivity contribution is 5.97. The Bertz CT molecular complexity index is 1390. The van der Waals surface area contributed by atoms with Gasteiger partial charge in [-0.25, -0.2) is 4.79 Å². The smallest absolute Gasteiger partial charge is 0.326 e. The fourth-order valence-electron chi connectivity index (χ4n) is 3.77. The Morgan fingerprint density at radius 3 is 2.33 bits per heavy atom. The summed E-state index contributed by atoms with van der Waals surface area (Å²) in [5.41, 5.74) is 8.96. The Kier molecular flexibility index (Phi) is 7.20. The zero-order valence-electron chi connectivity index (χ0n) is 19.6. The lowest BCUT2D eigenvalue weighted by Gasteiger charge is -2.15.